The smallest absolute Gasteiger partial charge is 0.0244 e. The molecule has 2 rings (SSSR count). The van der Waals surface area contributed by atoms with Crippen molar-refractivity contribution in [2.75, 3.05) is 19.3 Å². The molecule has 4 atom stereocenters. The Balaban J connectivity index is 2.05. The fourth-order valence-corrected chi connectivity index (χ4v) is 4.50. The molecular formula is C15H30N2S. The van der Waals surface area contributed by atoms with Crippen LogP contribution in [0.3, 0.4) is 0 Å². The summed E-state index contributed by atoms with van der Waals surface area (Å²) >= 11 is 2.08. The summed E-state index contributed by atoms with van der Waals surface area (Å²) in [6.07, 6.45) is 6.54. The van der Waals surface area contributed by atoms with Gasteiger partial charge in [-0.25, -0.2) is 0 Å². The van der Waals surface area contributed by atoms with Crippen molar-refractivity contribution < 1.29 is 0 Å². The largest absolute Gasteiger partial charge is 0.311 e. The van der Waals surface area contributed by atoms with Crippen molar-refractivity contribution in [1.29, 1.82) is 0 Å². The van der Waals surface area contributed by atoms with Crippen LogP contribution in [0, 0.1) is 5.41 Å². The third-order valence-corrected chi connectivity index (χ3v) is 5.97. The van der Waals surface area contributed by atoms with Crippen LogP contribution in [0.25, 0.3) is 0 Å². The summed E-state index contributed by atoms with van der Waals surface area (Å²) in [6, 6.07) is 2.15. The summed E-state index contributed by atoms with van der Waals surface area (Å²) in [5, 5.41) is 4.61. The Labute approximate surface area is 117 Å². The lowest BCUT2D eigenvalue weighted by molar-refractivity contribution is 0.0609. The molecule has 0 spiro atoms. The molecule has 0 aromatic carbocycles. The van der Waals surface area contributed by atoms with Crippen LogP contribution in [0.4, 0.5) is 0 Å². The summed E-state index contributed by atoms with van der Waals surface area (Å²) in [5.41, 5.74) is 0.367. The summed E-state index contributed by atoms with van der Waals surface area (Å²) in [7, 11) is 0. The molecule has 2 fully saturated rings. The van der Waals surface area contributed by atoms with Crippen molar-refractivity contribution in [3.63, 3.8) is 0 Å². The first-order valence-corrected chi connectivity index (χ1v) is 8.74. The molecule has 1 aliphatic carbocycles. The van der Waals surface area contributed by atoms with E-state index in [-0.39, 0.29) is 0 Å². The Morgan fingerprint density at radius 1 is 1.22 bits per heavy atom. The molecule has 2 aliphatic rings. The monoisotopic (exact) mass is 270 g/mol. The summed E-state index contributed by atoms with van der Waals surface area (Å²) < 4.78 is 0. The van der Waals surface area contributed by atoms with Crippen molar-refractivity contribution >= 4 is 11.8 Å². The standard InChI is InChI=1S/C15H30N2S/c1-11-9-16-14(15(2,3)4)10-17(11)12-7-6-8-13(12)18-5/h11-14,16H,6-10H2,1-5H3. The highest BCUT2D eigenvalue weighted by molar-refractivity contribution is 7.99. The van der Waals surface area contributed by atoms with E-state index in [1.54, 1.807) is 0 Å². The molecule has 18 heavy (non-hydrogen) atoms. The Morgan fingerprint density at radius 2 is 1.94 bits per heavy atom. The first-order chi connectivity index (χ1) is 8.43. The molecule has 0 bridgehead atoms. The van der Waals surface area contributed by atoms with Crippen LogP contribution >= 0.6 is 11.8 Å². The van der Waals surface area contributed by atoms with Gasteiger partial charge in [-0.3, -0.25) is 4.90 Å². The van der Waals surface area contributed by atoms with Crippen LogP contribution in [0.15, 0.2) is 0 Å². The van der Waals surface area contributed by atoms with Crippen molar-refractivity contribution in [2.24, 2.45) is 5.41 Å². The lowest BCUT2D eigenvalue weighted by Crippen LogP contribution is -2.62. The molecule has 0 aromatic heterocycles. The van der Waals surface area contributed by atoms with Gasteiger partial charge in [0.05, 0.1) is 0 Å². The highest BCUT2D eigenvalue weighted by Gasteiger charge is 2.39. The van der Waals surface area contributed by atoms with Crippen LogP contribution in [-0.4, -0.2) is 47.6 Å². The van der Waals surface area contributed by atoms with E-state index in [2.05, 4.69) is 55.9 Å². The van der Waals surface area contributed by atoms with E-state index >= 15 is 0 Å². The Kier molecular flexibility index (Phi) is 4.66. The van der Waals surface area contributed by atoms with E-state index in [9.17, 15) is 0 Å². The number of thioether (sulfide) groups is 1. The van der Waals surface area contributed by atoms with Gasteiger partial charge in [0, 0.05) is 36.5 Å². The average Bonchev–Trinajstić information content (AvgIpc) is 2.76. The van der Waals surface area contributed by atoms with Gasteiger partial charge in [-0.1, -0.05) is 27.2 Å². The fraction of sp³-hybridized carbons (Fsp3) is 1.00. The first kappa shape index (κ1) is 14.7. The van der Waals surface area contributed by atoms with Gasteiger partial charge in [0.1, 0.15) is 0 Å². The molecule has 1 saturated heterocycles. The van der Waals surface area contributed by atoms with Crippen molar-refractivity contribution in [3.05, 3.63) is 0 Å². The summed E-state index contributed by atoms with van der Waals surface area (Å²) in [4.78, 5) is 2.81. The molecule has 4 unspecified atom stereocenters. The highest BCUT2D eigenvalue weighted by Crippen LogP contribution is 2.35. The summed E-state index contributed by atoms with van der Waals surface area (Å²) in [5.74, 6) is 0. The van der Waals surface area contributed by atoms with Gasteiger partial charge in [-0.05, 0) is 31.4 Å². The van der Waals surface area contributed by atoms with Gasteiger partial charge >= 0.3 is 0 Å². The molecule has 0 radical (unpaired) electrons. The van der Waals surface area contributed by atoms with E-state index in [1.165, 1.54) is 25.8 Å². The van der Waals surface area contributed by atoms with E-state index in [0.717, 1.165) is 17.8 Å². The number of hydrogen-bond donors (Lipinski definition) is 1. The number of nitrogens with one attached hydrogen (secondary N) is 1. The molecule has 0 amide bonds. The quantitative estimate of drug-likeness (QED) is 0.830. The normalized spacial score (nSPS) is 39.2. The highest BCUT2D eigenvalue weighted by atomic mass is 32.2. The van der Waals surface area contributed by atoms with E-state index in [0.29, 0.717) is 17.5 Å². The Bertz CT molecular complexity index is 274. The Hall–Kier alpha value is 0.270. The van der Waals surface area contributed by atoms with E-state index in [1.807, 2.05) is 0 Å². The minimum atomic E-state index is 0.367. The molecule has 0 aromatic rings. The van der Waals surface area contributed by atoms with Crippen molar-refractivity contribution in [3.8, 4) is 0 Å². The molecular weight excluding hydrogens is 240 g/mol. The maximum Gasteiger partial charge on any atom is 0.0244 e. The van der Waals surface area contributed by atoms with Gasteiger partial charge < -0.3 is 5.32 Å². The molecule has 3 heteroatoms. The zero-order valence-corrected chi connectivity index (χ0v) is 13.5. The van der Waals surface area contributed by atoms with Gasteiger partial charge in [0.2, 0.25) is 0 Å². The number of hydrogen-bond acceptors (Lipinski definition) is 3. The van der Waals surface area contributed by atoms with Crippen LogP contribution in [0.5, 0.6) is 0 Å². The summed E-state index contributed by atoms with van der Waals surface area (Å²) in [6.45, 7) is 11.9. The SMILES string of the molecule is CSC1CCCC1N1CC(C(C)(C)C)NCC1C. The maximum atomic E-state index is 3.75. The lowest BCUT2D eigenvalue weighted by Gasteiger charge is -2.47. The first-order valence-electron chi connectivity index (χ1n) is 7.45. The van der Waals surface area contributed by atoms with E-state index in [4.69, 9.17) is 0 Å². The van der Waals surface area contributed by atoms with Gasteiger partial charge in [-0.15, -0.1) is 0 Å². The second-order valence-corrected chi connectivity index (χ2v) is 8.22. The molecule has 1 aliphatic heterocycles. The second-order valence-electron chi connectivity index (χ2n) is 7.15. The second kappa shape index (κ2) is 5.72. The molecule has 106 valence electrons. The zero-order chi connectivity index (χ0) is 13.3. The number of nitrogens with zero attached hydrogens (tertiary/aromatic N) is 1. The predicted molar refractivity (Wildman–Crippen MR) is 82.4 cm³/mol. The minimum absolute atomic E-state index is 0.367. The Morgan fingerprint density at radius 3 is 2.56 bits per heavy atom. The van der Waals surface area contributed by atoms with Gasteiger partial charge in [-0.2, -0.15) is 11.8 Å². The molecule has 1 saturated carbocycles. The van der Waals surface area contributed by atoms with Crippen LogP contribution in [-0.2, 0) is 0 Å². The third-order valence-electron chi connectivity index (χ3n) is 4.81. The molecule has 1 N–H and O–H groups in total. The predicted octanol–water partition coefficient (Wildman–Crippen LogP) is 2.98. The topological polar surface area (TPSA) is 15.3 Å². The third kappa shape index (κ3) is 3.05. The van der Waals surface area contributed by atoms with Crippen LogP contribution in [0.1, 0.15) is 47.0 Å². The molecule has 1 heterocycles. The average molecular weight is 270 g/mol. The van der Waals surface area contributed by atoms with Crippen LogP contribution in [0.2, 0.25) is 0 Å². The minimum Gasteiger partial charge on any atom is -0.311 e. The van der Waals surface area contributed by atoms with Crippen LogP contribution < -0.4 is 5.32 Å². The molecule has 2 nitrogen and oxygen atoms in total. The van der Waals surface area contributed by atoms with Gasteiger partial charge in [0.15, 0.2) is 0 Å². The van der Waals surface area contributed by atoms with Gasteiger partial charge in [0.25, 0.3) is 0 Å². The van der Waals surface area contributed by atoms with Crippen molar-refractivity contribution in [1.82, 2.24) is 10.2 Å². The van der Waals surface area contributed by atoms with E-state index < -0.39 is 0 Å². The number of piperazine rings is 1. The fourth-order valence-electron chi connectivity index (χ4n) is 3.49. The zero-order valence-electron chi connectivity index (χ0n) is 12.7. The lowest BCUT2D eigenvalue weighted by atomic mass is 9.84. The maximum absolute atomic E-state index is 3.75. The van der Waals surface area contributed by atoms with Crippen molar-refractivity contribution in [2.45, 2.75) is 70.3 Å². The number of rotatable bonds is 2.